The molecule has 0 bridgehead atoms. The van der Waals surface area contributed by atoms with E-state index in [4.69, 9.17) is 10.6 Å². The average Bonchev–Trinajstić information content (AvgIpc) is 2.43. The second-order valence-corrected chi connectivity index (χ2v) is 4.68. The summed E-state index contributed by atoms with van der Waals surface area (Å²) in [6, 6.07) is 14.3. The first-order valence-corrected chi connectivity index (χ1v) is 6.33. The topological polar surface area (TPSA) is 47.3 Å². The smallest absolute Gasteiger partial charge is 0.119 e. The molecule has 0 aliphatic carbocycles. The third-order valence-electron chi connectivity index (χ3n) is 3.45. The predicted molar refractivity (Wildman–Crippen MR) is 78.1 cm³/mol. The number of aryl methyl sites for hydroxylation is 2. The summed E-state index contributed by atoms with van der Waals surface area (Å²) in [6.07, 6.45) is 0. The molecule has 100 valence electrons. The van der Waals surface area contributed by atoms with Gasteiger partial charge in [0.15, 0.2) is 0 Å². The molecule has 0 amide bonds. The fraction of sp³-hybridized carbons (Fsp3) is 0.250. The van der Waals surface area contributed by atoms with E-state index in [-0.39, 0.29) is 6.04 Å². The van der Waals surface area contributed by atoms with Crippen molar-refractivity contribution in [2.45, 2.75) is 19.9 Å². The van der Waals surface area contributed by atoms with Crippen LogP contribution in [0.15, 0.2) is 42.5 Å². The molecule has 0 aliphatic rings. The molecule has 2 aromatic rings. The third-order valence-corrected chi connectivity index (χ3v) is 3.45. The van der Waals surface area contributed by atoms with Gasteiger partial charge in [0, 0.05) is 0 Å². The summed E-state index contributed by atoms with van der Waals surface area (Å²) in [5.74, 6) is 6.63. The van der Waals surface area contributed by atoms with Gasteiger partial charge in [0.1, 0.15) is 5.75 Å². The van der Waals surface area contributed by atoms with Crippen molar-refractivity contribution in [2.75, 3.05) is 7.11 Å². The van der Waals surface area contributed by atoms with Crippen LogP contribution in [0.1, 0.15) is 28.3 Å². The summed E-state index contributed by atoms with van der Waals surface area (Å²) >= 11 is 0. The van der Waals surface area contributed by atoms with Crippen LogP contribution >= 0.6 is 0 Å². The van der Waals surface area contributed by atoms with Gasteiger partial charge in [-0.15, -0.1) is 0 Å². The lowest BCUT2D eigenvalue weighted by Gasteiger charge is -2.21. The van der Waals surface area contributed by atoms with Gasteiger partial charge in [-0.1, -0.05) is 30.3 Å². The number of benzene rings is 2. The predicted octanol–water partition coefficient (Wildman–Crippen LogP) is 2.86. The van der Waals surface area contributed by atoms with Crippen molar-refractivity contribution in [3.63, 3.8) is 0 Å². The van der Waals surface area contributed by atoms with Crippen molar-refractivity contribution < 1.29 is 4.74 Å². The van der Waals surface area contributed by atoms with Crippen LogP contribution in [0, 0.1) is 13.8 Å². The van der Waals surface area contributed by atoms with Gasteiger partial charge in [-0.2, -0.15) is 0 Å². The van der Waals surface area contributed by atoms with Gasteiger partial charge in [0.25, 0.3) is 0 Å². The molecule has 0 heterocycles. The zero-order valence-electron chi connectivity index (χ0n) is 11.6. The van der Waals surface area contributed by atoms with Gasteiger partial charge >= 0.3 is 0 Å². The highest BCUT2D eigenvalue weighted by atomic mass is 16.5. The molecule has 0 aromatic heterocycles. The minimum absolute atomic E-state index is 0.00731. The molecule has 0 saturated heterocycles. The first-order chi connectivity index (χ1) is 9.17. The SMILES string of the molecule is COc1ccc(C(NN)c2ccccc2C)c(C)c1. The monoisotopic (exact) mass is 256 g/mol. The second-order valence-electron chi connectivity index (χ2n) is 4.68. The molecule has 3 nitrogen and oxygen atoms in total. The maximum absolute atomic E-state index is 5.76. The van der Waals surface area contributed by atoms with Crippen molar-refractivity contribution in [3.05, 3.63) is 64.7 Å². The zero-order chi connectivity index (χ0) is 13.8. The Balaban J connectivity index is 2.46. The van der Waals surface area contributed by atoms with E-state index in [1.54, 1.807) is 7.11 Å². The lowest BCUT2D eigenvalue weighted by atomic mass is 9.92. The van der Waals surface area contributed by atoms with E-state index in [1.807, 2.05) is 24.3 Å². The number of methoxy groups -OCH3 is 1. The third kappa shape index (κ3) is 2.78. The number of nitrogens with one attached hydrogen (secondary N) is 1. The van der Waals surface area contributed by atoms with Crippen molar-refractivity contribution in [3.8, 4) is 5.75 Å². The molecule has 1 atom stereocenters. The quantitative estimate of drug-likeness (QED) is 0.653. The minimum atomic E-state index is -0.00731. The Morgan fingerprint density at radius 2 is 1.68 bits per heavy atom. The molecule has 3 heteroatoms. The van der Waals surface area contributed by atoms with Crippen molar-refractivity contribution in [1.82, 2.24) is 5.43 Å². The van der Waals surface area contributed by atoms with Crippen LogP contribution < -0.4 is 16.0 Å². The molecule has 19 heavy (non-hydrogen) atoms. The Kier molecular flexibility index (Phi) is 4.20. The van der Waals surface area contributed by atoms with E-state index in [0.29, 0.717) is 0 Å². The summed E-state index contributed by atoms with van der Waals surface area (Å²) < 4.78 is 5.24. The van der Waals surface area contributed by atoms with Crippen LogP contribution in [-0.2, 0) is 0 Å². The van der Waals surface area contributed by atoms with Gasteiger partial charge in [-0.25, -0.2) is 5.43 Å². The molecule has 0 spiro atoms. The molecule has 0 aliphatic heterocycles. The Hall–Kier alpha value is -1.84. The number of rotatable bonds is 4. The standard InChI is InChI=1S/C16H20N2O/c1-11-6-4-5-7-14(11)16(18-17)15-9-8-13(19-3)10-12(15)2/h4-10,16,18H,17H2,1-3H3. The van der Waals surface area contributed by atoms with E-state index >= 15 is 0 Å². The Labute approximate surface area is 114 Å². The average molecular weight is 256 g/mol. The largest absolute Gasteiger partial charge is 0.497 e. The maximum Gasteiger partial charge on any atom is 0.119 e. The van der Waals surface area contributed by atoms with Crippen LogP contribution in [0.2, 0.25) is 0 Å². The van der Waals surface area contributed by atoms with Crippen molar-refractivity contribution in [2.24, 2.45) is 5.84 Å². The number of hydrazine groups is 1. The summed E-state index contributed by atoms with van der Waals surface area (Å²) in [4.78, 5) is 0. The minimum Gasteiger partial charge on any atom is -0.497 e. The number of hydrogen-bond donors (Lipinski definition) is 2. The van der Waals surface area contributed by atoms with Gasteiger partial charge in [-0.05, 0) is 48.2 Å². The first kappa shape index (κ1) is 13.6. The lowest BCUT2D eigenvalue weighted by molar-refractivity contribution is 0.414. The number of ether oxygens (including phenoxy) is 1. The van der Waals surface area contributed by atoms with Gasteiger partial charge < -0.3 is 4.74 Å². The van der Waals surface area contributed by atoms with Crippen molar-refractivity contribution >= 4 is 0 Å². The molecular weight excluding hydrogens is 236 g/mol. The summed E-state index contributed by atoms with van der Waals surface area (Å²) in [6.45, 7) is 4.17. The molecular formula is C16H20N2O. The molecule has 1 unspecified atom stereocenters. The fourth-order valence-electron chi connectivity index (χ4n) is 2.36. The van der Waals surface area contributed by atoms with E-state index < -0.39 is 0 Å². The number of nitrogens with two attached hydrogens (primary N) is 1. The van der Waals surface area contributed by atoms with Gasteiger partial charge in [0.2, 0.25) is 0 Å². The first-order valence-electron chi connectivity index (χ1n) is 6.33. The van der Waals surface area contributed by atoms with E-state index in [0.717, 1.165) is 16.9 Å². The van der Waals surface area contributed by atoms with Crippen molar-refractivity contribution in [1.29, 1.82) is 0 Å². The fourth-order valence-corrected chi connectivity index (χ4v) is 2.36. The second kappa shape index (κ2) is 5.87. The van der Waals surface area contributed by atoms with Gasteiger partial charge in [-0.3, -0.25) is 5.84 Å². The highest BCUT2D eigenvalue weighted by Crippen LogP contribution is 2.28. The van der Waals surface area contributed by atoms with Gasteiger partial charge in [0.05, 0.1) is 13.2 Å². The van der Waals surface area contributed by atoms with Crippen LogP contribution in [0.3, 0.4) is 0 Å². The zero-order valence-corrected chi connectivity index (χ0v) is 11.6. The van der Waals surface area contributed by atoms with Crippen LogP contribution in [0.5, 0.6) is 5.75 Å². The van der Waals surface area contributed by atoms with E-state index in [1.165, 1.54) is 11.1 Å². The normalized spacial score (nSPS) is 12.2. The highest BCUT2D eigenvalue weighted by molar-refractivity contribution is 5.43. The van der Waals surface area contributed by atoms with E-state index in [9.17, 15) is 0 Å². The molecule has 3 N–H and O–H groups in total. The summed E-state index contributed by atoms with van der Waals surface area (Å²) in [5, 5.41) is 0. The number of hydrogen-bond acceptors (Lipinski definition) is 3. The lowest BCUT2D eigenvalue weighted by Crippen LogP contribution is -2.29. The Morgan fingerprint density at radius 1 is 1.00 bits per heavy atom. The van der Waals surface area contributed by atoms with E-state index in [2.05, 4.69) is 37.5 Å². The molecule has 0 saturated carbocycles. The Morgan fingerprint density at radius 3 is 2.26 bits per heavy atom. The summed E-state index contributed by atoms with van der Waals surface area (Å²) in [7, 11) is 1.68. The van der Waals surface area contributed by atoms with Crippen LogP contribution in [-0.4, -0.2) is 7.11 Å². The highest BCUT2D eigenvalue weighted by Gasteiger charge is 2.16. The molecule has 0 fully saturated rings. The van der Waals surface area contributed by atoms with Crippen LogP contribution in [0.25, 0.3) is 0 Å². The maximum atomic E-state index is 5.76. The van der Waals surface area contributed by atoms with Crippen LogP contribution in [0.4, 0.5) is 0 Å². The molecule has 2 rings (SSSR count). The molecule has 2 aromatic carbocycles. The Bertz CT molecular complexity index is 566. The summed E-state index contributed by atoms with van der Waals surface area (Å²) in [5.41, 5.74) is 7.65. The molecule has 0 radical (unpaired) electrons.